The fourth-order valence-electron chi connectivity index (χ4n) is 1.22. The minimum absolute atomic E-state index is 0.350. The van der Waals surface area contributed by atoms with Crippen LogP contribution in [0.1, 0.15) is 18.9 Å². The molecule has 0 radical (unpaired) electrons. The standard InChI is InChI=1S/C11H12Cl2O2/c1-7(11(14)15)2-3-8-4-5-9(12)6-10(8)13/h4-7H,2-3H2,1H3,(H,14,15). The number of benzene rings is 1. The van der Waals surface area contributed by atoms with Crippen LogP contribution in [0.3, 0.4) is 0 Å². The summed E-state index contributed by atoms with van der Waals surface area (Å²) in [7, 11) is 0. The van der Waals surface area contributed by atoms with Gasteiger partial charge in [0.1, 0.15) is 0 Å². The topological polar surface area (TPSA) is 37.3 Å². The molecule has 1 rings (SSSR count). The van der Waals surface area contributed by atoms with Crippen molar-refractivity contribution in [3.8, 4) is 0 Å². The second-order valence-electron chi connectivity index (χ2n) is 3.51. The summed E-state index contributed by atoms with van der Waals surface area (Å²) in [4.78, 5) is 10.6. The Labute approximate surface area is 98.8 Å². The van der Waals surface area contributed by atoms with E-state index in [1.54, 1.807) is 19.1 Å². The summed E-state index contributed by atoms with van der Waals surface area (Å²) in [6.45, 7) is 1.69. The molecule has 0 aromatic heterocycles. The molecular weight excluding hydrogens is 235 g/mol. The van der Waals surface area contributed by atoms with Crippen molar-refractivity contribution < 1.29 is 9.90 Å². The zero-order valence-electron chi connectivity index (χ0n) is 8.34. The lowest BCUT2D eigenvalue weighted by Gasteiger charge is -2.07. The maximum absolute atomic E-state index is 10.6. The highest BCUT2D eigenvalue weighted by molar-refractivity contribution is 6.35. The minimum Gasteiger partial charge on any atom is -0.481 e. The van der Waals surface area contributed by atoms with Crippen LogP contribution in [0, 0.1) is 5.92 Å². The first-order chi connectivity index (χ1) is 7.00. The Hall–Kier alpha value is -0.730. The predicted molar refractivity (Wildman–Crippen MR) is 61.6 cm³/mol. The van der Waals surface area contributed by atoms with Crippen LogP contribution in [0.25, 0.3) is 0 Å². The highest BCUT2D eigenvalue weighted by Crippen LogP contribution is 2.23. The molecule has 0 fully saturated rings. The molecule has 82 valence electrons. The van der Waals surface area contributed by atoms with Gasteiger partial charge in [0.05, 0.1) is 5.92 Å². The average molecular weight is 247 g/mol. The first-order valence-electron chi connectivity index (χ1n) is 4.67. The van der Waals surface area contributed by atoms with Crippen LogP contribution in [0.15, 0.2) is 18.2 Å². The van der Waals surface area contributed by atoms with Gasteiger partial charge in [0.2, 0.25) is 0 Å². The third kappa shape index (κ3) is 3.73. The minimum atomic E-state index is -0.778. The van der Waals surface area contributed by atoms with E-state index in [1.165, 1.54) is 0 Å². The molecule has 4 heteroatoms. The molecule has 0 saturated heterocycles. The highest BCUT2D eigenvalue weighted by Gasteiger charge is 2.11. The largest absolute Gasteiger partial charge is 0.481 e. The van der Waals surface area contributed by atoms with Crippen LogP contribution in [0.5, 0.6) is 0 Å². The molecule has 1 unspecified atom stereocenters. The molecule has 2 nitrogen and oxygen atoms in total. The third-order valence-electron chi connectivity index (χ3n) is 2.28. The molecule has 0 saturated carbocycles. The number of rotatable bonds is 4. The summed E-state index contributed by atoms with van der Waals surface area (Å²) >= 11 is 11.7. The number of carbonyl (C=O) groups is 1. The number of aliphatic carboxylic acids is 1. The van der Waals surface area contributed by atoms with Gasteiger partial charge in [0.25, 0.3) is 0 Å². The quantitative estimate of drug-likeness (QED) is 0.881. The zero-order chi connectivity index (χ0) is 11.4. The Bertz CT molecular complexity index is 364. The summed E-state index contributed by atoms with van der Waals surface area (Å²) in [6, 6.07) is 5.26. The van der Waals surface area contributed by atoms with Gasteiger partial charge in [-0.2, -0.15) is 0 Å². The van der Waals surface area contributed by atoms with E-state index in [0.717, 1.165) is 5.56 Å². The molecule has 1 atom stereocenters. The number of carboxylic acid groups (broad SMARTS) is 1. The molecule has 0 aliphatic rings. The maximum atomic E-state index is 10.6. The summed E-state index contributed by atoms with van der Waals surface area (Å²) < 4.78 is 0. The van der Waals surface area contributed by atoms with Crippen LogP contribution in [0.4, 0.5) is 0 Å². The van der Waals surface area contributed by atoms with Gasteiger partial charge in [-0.1, -0.05) is 36.2 Å². The van der Waals surface area contributed by atoms with E-state index < -0.39 is 5.97 Å². The summed E-state index contributed by atoms with van der Waals surface area (Å²) in [5, 5.41) is 9.91. The van der Waals surface area contributed by atoms with Crippen LogP contribution < -0.4 is 0 Å². The number of carboxylic acids is 1. The van der Waals surface area contributed by atoms with Crippen molar-refractivity contribution in [1.29, 1.82) is 0 Å². The van der Waals surface area contributed by atoms with Gasteiger partial charge < -0.3 is 5.11 Å². The summed E-state index contributed by atoms with van der Waals surface area (Å²) in [5.74, 6) is -1.13. The highest BCUT2D eigenvalue weighted by atomic mass is 35.5. The summed E-state index contributed by atoms with van der Waals surface area (Å²) in [5.41, 5.74) is 0.939. The second-order valence-corrected chi connectivity index (χ2v) is 4.36. The van der Waals surface area contributed by atoms with Crippen molar-refractivity contribution in [1.82, 2.24) is 0 Å². The predicted octanol–water partition coefficient (Wildman–Crippen LogP) is 3.65. The molecule has 1 aromatic carbocycles. The van der Waals surface area contributed by atoms with Crippen LogP contribution >= 0.6 is 23.2 Å². The van der Waals surface area contributed by atoms with Crippen LogP contribution in [0.2, 0.25) is 10.0 Å². The molecule has 15 heavy (non-hydrogen) atoms. The van der Waals surface area contributed by atoms with Crippen molar-refractivity contribution >= 4 is 29.2 Å². The van der Waals surface area contributed by atoms with Gasteiger partial charge in [-0.25, -0.2) is 0 Å². The molecular formula is C11H12Cl2O2. The van der Waals surface area contributed by atoms with E-state index in [4.69, 9.17) is 28.3 Å². The number of halogens is 2. The Kier molecular flexibility index (Phi) is 4.43. The lowest BCUT2D eigenvalue weighted by Crippen LogP contribution is -2.10. The first kappa shape index (κ1) is 12.3. The van der Waals surface area contributed by atoms with Gasteiger partial charge in [-0.3, -0.25) is 4.79 Å². The normalized spacial score (nSPS) is 12.5. The molecule has 0 heterocycles. The Balaban J connectivity index is 2.62. The van der Waals surface area contributed by atoms with Gasteiger partial charge >= 0.3 is 5.97 Å². The zero-order valence-corrected chi connectivity index (χ0v) is 9.85. The van der Waals surface area contributed by atoms with Crippen molar-refractivity contribution in [3.05, 3.63) is 33.8 Å². The number of hydrogen-bond acceptors (Lipinski definition) is 1. The molecule has 0 spiro atoms. The maximum Gasteiger partial charge on any atom is 0.306 e. The number of aryl methyl sites for hydroxylation is 1. The smallest absolute Gasteiger partial charge is 0.306 e. The Morgan fingerprint density at radius 1 is 1.47 bits per heavy atom. The van der Waals surface area contributed by atoms with E-state index in [-0.39, 0.29) is 5.92 Å². The van der Waals surface area contributed by atoms with Crippen molar-refractivity contribution in [2.75, 3.05) is 0 Å². The fraction of sp³-hybridized carbons (Fsp3) is 0.364. The van der Waals surface area contributed by atoms with Crippen molar-refractivity contribution in [2.24, 2.45) is 5.92 Å². The van der Waals surface area contributed by atoms with Gasteiger partial charge in [-0.15, -0.1) is 0 Å². The molecule has 1 N–H and O–H groups in total. The fourth-order valence-corrected chi connectivity index (χ4v) is 1.72. The van der Waals surface area contributed by atoms with Gasteiger partial charge in [0.15, 0.2) is 0 Å². The molecule has 1 aromatic rings. The number of hydrogen-bond donors (Lipinski definition) is 1. The van der Waals surface area contributed by atoms with Crippen molar-refractivity contribution in [2.45, 2.75) is 19.8 Å². The van der Waals surface area contributed by atoms with E-state index in [9.17, 15) is 4.79 Å². The van der Waals surface area contributed by atoms with Crippen LogP contribution in [-0.2, 0) is 11.2 Å². The summed E-state index contributed by atoms with van der Waals surface area (Å²) in [6.07, 6.45) is 1.24. The molecule has 0 bridgehead atoms. The van der Waals surface area contributed by atoms with Gasteiger partial charge in [-0.05, 0) is 30.5 Å². The first-order valence-corrected chi connectivity index (χ1v) is 5.43. The van der Waals surface area contributed by atoms with E-state index in [2.05, 4.69) is 0 Å². The SMILES string of the molecule is CC(CCc1ccc(Cl)cc1Cl)C(=O)O. The van der Waals surface area contributed by atoms with Crippen molar-refractivity contribution in [3.63, 3.8) is 0 Å². The Morgan fingerprint density at radius 3 is 2.67 bits per heavy atom. The Morgan fingerprint density at radius 2 is 2.13 bits per heavy atom. The van der Waals surface area contributed by atoms with E-state index in [0.29, 0.717) is 22.9 Å². The lowest BCUT2D eigenvalue weighted by atomic mass is 10.0. The third-order valence-corrected chi connectivity index (χ3v) is 2.87. The molecule has 0 amide bonds. The molecule has 0 aliphatic carbocycles. The molecule has 0 aliphatic heterocycles. The average Bonchev–Trinajstić information content (AvgIpc) is 2.15. The van der Waals surface area contributed by atoms with E-state index in [1.807, 2.05) is 6.07 Å². The monoisotopic (exact) mass is 246 g/mol. The second kappa shape index (κ2) is 5.38. The lowest BCUT2D eigenvalue weighted by molar-refractivity contribution is -0.141. The van der Waals surface area contributed by atoms with Gasteiger partial charge in [0, 0.05) is 10.0 Å². The van der Waals surface area contributed by atoms with E-state index >= 15 is 0 Å². The van der Waals surface area contributed by atoms with Crippen LogP contribution in [-0.4, -0.2) is 11.1 Å².